The molecular weight excluding hydrogens is 358 g/mol. The highest BCUT2D eigenvalue weighted by atomic mass is 79.9. The average molecular weight is 376 g/mol. The third-order valence-electron chi connectivity index (χ3n) is 3.38. The van der Waals surface area contributed by atoms with Crippen LogP contribution in [0.3, 0.4) is 0 Å². The molecule has 0 aliphatic heterocycles. The van der Waals surface area contributed by atoms with E-state index in [2.05, 4.69) is 21.2 Å². The molecule has 0 unspecified atom stereocenters. The van der Waals surface area contributed by atoms with Gasteiger partial charge in [0.2, 0.25) is 5.91 Å². The summed E-state index contributed by atoms with van der Waals surface area (Å²) in [7, 11) is 1.36. The van der Waals surface area contributed by atoms with Crippen LogP contribution < -0.4 is 5.32 Å². The van der Waals surface area contributed by atoms with Gasteiger partial charge in [0.1, 0.15) is 0 Å². The second kappa shape index (κ2) is 7.42. The molecule has 5 heteroatoms. The zero-order valence-corrected chi connectivity index (χ0v) is 14.8. The van der Waals surface area contributed by atoms with E-state index >= 15 is 0 Å². The summed E-state index contributed by atoms with van der Waals surface area (Å²) in [5, 5.41) is 2.85. The monoisotopic (exact) mass is 375 g/mol. The highest BCUT2D eigenvalue weighted by molar-refractivity contribution is 9.10. The molecule has 0 bridgehead atoms. The van der Waals surface area contributed by atoms with E-state index in [1.165, 1.54) is 7.11 Å². The van der Waals surface area contributed by atoms with Crippen LogP contribution in [0.2, 0.25) is 0 Å². The zero-order valence-electron chi connectivity index (χ0n) is 13.2. The van der Waals surface area contributed by atoms with E-state index in [1.807, 2.05) is 44.2 Å². The molecular formula is C18H18BrNO3. The number of nitrogens with one attached hydrogen (secondary N) is 1. The van der Waals surface area contributed by atoms with Gasteiger partial charge in [0.05, 0.1) is 12.7 Å². The molecule has 2 rings (SSSR count). The Balaban J connectivity index is 2.29. The van der Waals surface area contributed by atoms with Crippen LogP contribution in [-0.4, -0.2) is 19.0 Å². The van der Waals surface area contributed by atoms with E-state index in [-0.39, 0.29) is 17.8 Å². The van der Waals surface area contributed by atoms with Gasteiger partial charge in [-0.2, -0.15) is 0 Å². The lowest BCUT2D eigenvalue weighted by Gasteiger charge is -2.10. The van der Waals surface area contributed by atoms with Crippen molar-refractivity contribution in [1.82, 2.24) is 0 Å². The minimum absolute atomic E-state index is 0.0216. The topological polar surface area (TPSA) is 55.4 Å². The summed E-state index contributed by atoms with van der Waals surface area (Å²) in [6.45, 7) is 3.69. The molecule has 0 heterocycles. The fourth-order valence-electron chi connectivity index (χ4n) is 2.01. The van der Waals surface area contributed by atoms with Gasteiger partial charge in [0, 0.05) is 16.1 Å². The molecule has 1 amide bonds. The lowest BCUT2D eigenvalue weighted by atomic mass is 10.0. The molecule has 0 aromatic heterocycles. The normalized spacial score (nSPS) is 10.5. The number of rotatable bonds is 4. The quantitative estimate of drug-likeness (QED) is 0.800. The lowest BCUT2D eigenvalue weighted by molar-refractivity contribution is -0.118. The Labute approximate surface area is 144 Å². The standard InChI is InChI=1S/C18H18BrNO3/c1-11(2)17(21)20-14-7-4-12(5-8-14)15-10-13(18(22)23-3)6-9-16(15)19/h4-11H,1-3H3,(H,20,21). The summed E-state index contributed by atoms with van der Waals surface area (Å²) in [4.78, 5) is 23.4. The Bertz CT molecular complexity index is 724. The van der Waals surface area contributed by atoms with Crippen LogP contribution in [-0.2, 0) is 9.53 Å². The second-order valence-corrected chi connectivity index (χ2v) is 6.26. The fraction of sp³-hybridized carbons (Fsp3) is 0.222. The van der Waals surface area contributed by atoms with E-state index in [1.54, 1.807) is 12.1 Å². The van der Waals surface area contributed by atoms with Crippen LogP contribution in [0.4, 0.5) is 5.69 Å². The first-order chi connectivity index (χ1) is 10.9. The molecule has 0 radical (unpaired) electrons. The highest BCUT2D eigenvalue weighted by Gasteiger charge is 2.11. The number of carbonyl (C=O) groups is 2. The van der Waals surface area contributed by atoms with E-state index in [0.717, 1.165) is 21.3 Å². The summed E-state index contributed by atoms with van der Waals surface area (Å²) >= 11 is 3.49. The Morgan fingerprint density at radius 2 is 1.74 bits per heavy atom. The van der Waals surface area contributed by atoms with Crippen LogP contribution in [0.5, 0.6) is 0 Å². The summed E-state index contributed by atoms with van der Waals surface area (Å²) in [5.41, 5.74) is 3.05. The number of amides is 1. The third-order valence-corrected chi connectivity index (χ3v) is 4.07. The molecule has 23 heavy (non-hydrogen) atoms. The Hall–Kier alpha value is -2.14. The first-order valence-corrected chi connectivity index (χ1v) is 8.01. The maximum absolute atomic E-state index is 11.7. The maximum Gasteiger partial charge on any atom is 0.337 e. The molecule has 1 N–H and O–H groups in total. The van der Waals surface area contributed by atoms with Crippen molar-refractivity contribution >= 4 is 33.5 Å². The molecule has 0 spiro atoms. The van der Waals surface area contributed by atoms with Gasteiger partial charge in [-0.15, -0.1) is 0 Å². The molecule has 0 aliphatic carbocycles. The summed E-state index contributed by atoms with van der Waals surface area (Å²) in [5.74, 6) is -0.466. The minimum Gasteiger partial charge on any atom is -0.465 e. The van der Waals surface area contributed by atoms with Crippen molar-refractivity contribution in [3.05, 3.63) is 52.5 Å². The summed E-state index contributed by atoms with van der Waals surface area (Å²) in [6.07, 6.45) is 0. The number of carbonyl (C=O) groups excluding carboxylic acids is 2. The summed E-state index contributed by atoms with van der Waals surface area (Å²) in [6, 6.07) is 12.8. The van der Waals surface area contributed by atoms with Gasteiger partial charge >= 0.3 is 5.97 Å². The Morgan fingerprint density at radius 3 is 2.30 bits per heavy atom. The molecule has 2 aromatic rings. The van der Waals surface area contributed by atoms with Gasteiger partial charge in [0.25, 0.3) is 0 Å². The molecule has 0 saturated heterocycles. The van der Waals surface area contributed by atoms with E-state index in [4.69, 9.17) is 4.74 Å². The van der Waals surface area contributed by atoms with Crippen molar-refractivity contribution < 1.29 is 14.3 Å². The van der Waals surface area contributed by atoms with Gasteiger partial charge in [0.15, 0.2) is 0 Å². The molecule has 120 valence electrons. The van der Waals surface area contributed by atoms with Crippen LogP contribution in [0.1, 0.15) is 24.2 Å². The predicted molar refractivity (Wildman–Crippen MR) is 94.4 cm³/mol. The van der Waals surface area contributed by atoms with Crippen molar-refractivity contribution in [3.63, 3.8) is 0 Å². The number of methoxy groups -OCH3 is 1. The van der Waals surface area contributed by atoms with Crippen molar-refractivity contribution in [1.29, 1.82) is 0 Å². The summed E-state index contributed by atoms with van der Waals surface area (Å²) < 4.78 is 5.63. The van der Waals surface area contributed by atoms with Crippen molar-refractivity contribution in [3.8, 4) is 11.1 Å². The van der Waals surface area contributed by atoms with Crippen molar-refractivity contribution in [2.75, 3.05) is 12.4 Å². The number of anilines is 1. The molecule has 0 aliphatic rings. The minimum atomic E-state index is -0.375. The highest BCUT2D eigenvalue weighted by Crippen LogP contribution is 2.30. The van der Waals surface area contributed by atoms with Crippen LogP contribution in [0.25, 0.3) is 11.1 Å². The number of halogens is 1. The number of benzene rings is 2. The third kappa shape index (κ3) is 4.20. The number of hydrogen-bond donors (Lipinski definition) is 1. The van der Waals surface area contributed by atoms with Gasteiger partial charge in [-0.3, -0.25) is 4.79 Å². The molecule has 2 aromatic carbocycles. The lowest BCUT2D eigenvalue weighted by Crippen LogP contribution is -2.17. The number of esters is 1. The van der Waals surface area contributed by atoms with Crippen LogP contribution in [0.15, 0.2) is 46.9 Å². The van der Waals surface area contributed by atoms with E-state index in [0.29, 0.717) is 5.56 Å². The van der Waals surface area contributed by atoms with Crippen molar-refractivity contribution in [2.45, 2.75) is 13.8 Å². The maximum atomic E-state index is 11.7. The van der Waals surface area contributed by atoms with Gasteiger partial charge in [-0.1, -0.05) is 41.9 Å². The van der Waals surface area contributed by atoms with Gasteiger partial charge in [-0.05, 0) is 41.5 Å². The largest absolute Gasteiger partial charge is 0.465 e. The SMILES string of the molecule is COC(=O)c1ccc(Br)c(-c2ccc(NC(=O)C(C)C)cc2)c1. The fourth-order valence-corrected chi connectivity index (χ4v) is 2.49. The van der Waals surface area contributed by atoms with Crippen molar-refractivity contribution in [2.24, 2.45) is 5.92 Å². The van der Waals surface area contributed by atoms with Crippen LogP contribution >= 0.6 is 15.9 Å². The Morgan fingerprint density at radius 1 is 1.09 bits per heavy atom. The predicted octanol–water partition coefficient (Wildman–Crippen LogP) is 4.50. The molecule has 0 saturated carbocycles. The van der Waals surface area contributed by atoms with Gasteiger partial charge in [-0.25, -0.2) is 4.79 Å². The average Bonchev–Trinajstić information content (AvgIpc) is 2.55. The first kappa shape index (κ1) is 17.2. The van der Waals surface area contributed by atoms with E-state index in [9.17, 15) is 9.59 Å². The smallest absolute Gasteiger partial charge is 0.337 e. The zero-order chi connectivity index (χ0) is 17.0. The first-order valence-electron chi connectivity index (χ1n) is 7.21. The number of ether oxygens (including phenoxy) is 1. The molecule has 4 nitrogen and oxygen atoms in total. The second-order valence-electron chi connectivity index (χ2n) is 5.41. The molecule has 0 atom stereocenters. The number of hydrogen-bond acceptors (Lipinski definition) is 3. The Kier molecular flexibility index (Phi) is 5.55. The van der Waals surface area contributed by atoms with E-state index < -0.39 is 0 Å². The van der Waals surface area contributed by atoms with Gasteiger partial charge < -0.3 is 10.1 Å². The molecule has 0 fully saturated rings. The van der Waals surface area contributed by atoms with Crippen LogP contribution in [0, 0.1) is 5.92 Å².